The Kier molecular flexibility index (Phi) is 27.0. The molecule has 2 aliphatic heterocycles. The molecule has 0 radical (unpaired) electrons. The largest absolute Gasteiger partial charge is 0.488 e. The number of ether oxygens (including phenoxy) is 3. The van der Waals surface area contributed by atoms with Crippen LogP contribution in [0.3, 0.4) is 0 Å². The Morgan fingerprint density at radius 2 is 1.13 bits per heavy atom. The van der Waals surface area contributed by atoms with Crippen molar-refractivity contribution < 1.29 is 38.2 Å². The lowest BCUT2D eigenvalue weighted by molar-refractivity contribution is -0.162. The van der Waals surface area contributed by atoms with Crippen LogP contribution in [0.15, 0.2) is 60.1 Å². The molecule has 0 spiro atoms. The molecule has 0 aromatic rings. The highest BCUT2D eigenvalue weighted by Crippen LogP contribution is 2.27. The minimum atomic E-state index is -0.770. The minimum absolute atomic E-state index is 0.300. The number of carbonyl (C=O) groups is 5. The fourth-order valence-electron chi connectivity index (χ4n) is 2.04. The monoisotopic (exact) mass is 550 g/mol. The van der Waals surface area contributed by atoms with E-state index < -0.39 is 11.2 Å². The van der Waals surface area contributed by atoms with Gasteiger partial charge in [-0.1, -0.05) is 33.6 Å². The third kappa shape index (κ3) is 25.9. The van der Waals surface area contributed by atoms with Crippen LogP contribution in [0.1, 0.15) is 88.0 Å². The summed E-state index contributed by atoms with van der Waals surface area (Å²) in [5, 5.41) is 0. The van der Waals surface area contributed by atoms with Crippen LogP contribution in [0.5, 0.6) is 0 Å². The van der Waals surface area contributed by atoms with Gasteiger partial charge in [-0.15, -0.1) is 0 Å². The summed E-state index contributed by atoms with van der Waals surface area (Å²) in [5.41, 5.74) is 2.77. The van der Waals surface area contributed by atoms with E-state index in [0.29, 0.717) is 23.1 Å². The van der Waals surface area contributed by atoms with Gasteiger partial charge in [0.15, 0.2) is 11.9 Å². The van der Waals surface area contributed by atoms with Crippen molar-refractivity contribution in [1.82, 2.24) is 0 Å². The molecule has 2 atom stereocenters. The molecule has 8 heteroatoms. The molecule has 0 aromatic heterocycles. The van der Waals surface area contributed by atoms with Crippen molar-refractivity contribution in [2.24, 2.45) is 0 Å². The van der Waals surface area contributed by atoms with Gasteiger partial charge >= 0.3 is 5.97 Å². The molecule has 0 bridgehead atoms. The van der Waals surface area contributed by atoms with Gasteiger partial charge in [0.25, 0.3) is 0 Å². The summed E-state index contributed by atoms with van der Waals surface area (Å²) in [6.45, 7) is 26.4. The van der Waals surface area contributed by atoms with Gasteiger partial charge in [-0.2, -0.15) is 0 Å². The molecule has 0 fully saturated rings. The third-order valence-electron chi connectivity index (χ3n) is 4.53. The predicted molar refractivity (Wildman–Crippen MR) is 157 cm³/mol. The zero-order valence-electron chi connectivity index (χ0n) is 25.7. The van der Waals surface area contributed by atoms with E-state index in [0.717, 1.165) is 50.0 Å². The van der Waals surface area contributed by atoms with Crippen LogP contribution in [0, 0.1) is 0 Å². The van der Waals surface area contributed by atoms with Crippen LogP contribution < -0.4 is 0 Å². The van der Waals surface area contributed by atoms with Crippen molar-refractivity contribution >= 4 is 31.1 Å². The number of hydrogen-bond donors (Lipinski definition) is 0. The Morgan fingerprint density at radius 1 is 0.795 bits per heavy atom. The summed E-state index contributed by atoms with van der Waals surface area (Å²) in [5.74, 6) is -0.300. The maximum Gasteiger partial charge on any atom is 0.349 e. The van der Waals surface area contributed by atoms with Crippen molar-refractivity contribution in [2.45, 2.75) is 99.2 Å². The molecule has 2 aliphatic rings. The van der Waals surface area contributed by atoms with Gasteiger partial charge in [0, 0.05) is 6.42 Å². The van der Waals surface area contributed by atoms with Gasteiger partial charge in [0.1, 0.15) is 18.9 Å². The van der Waals surface area contributed by atoms with Crippen LogP contribution in [-0.4, -0.2) is 49.4 Å². The first-order valence-electron chi connectivity index (χ1n) is 12.6. The quantitative estimate of drug-likeness (QED) is 0.214. The van der Waals surface area contributed by atoms with E-state index in [1.54, 1.807) is 40.2 Å². The van der Waals surface area contributed by atoms with Crippen molar-refractivity contribution in [3.63, 3.8) is 0 Å². The molecule has 0 aromatic carbocycles. The molecule has 8 nitrogen and oxygen atoms in total. The second kappa shape index (κ2) is 24.8. The average Bonchev–Trinajstić information content (AvgIpc) is 2.94. The van der Waals surface area contributed by atoms with Gasteiger partial charge < -0.3 is 14.2 Å². The van der Waals surface area contributed by atoms with Crippen LogP contribution >= 0.6 is 0 Å². The standard InChI is InChI=1S/C9H14O3.C8H12O2.3C4H6O.C2H6/c1-7-4-5-9(2,12-6-7)8(10)11-3;1-7-3-4-8(2,6-9)10-5-7;3*1-4(2)3-5;1-2/h6H,4-5H2,1-3H3;5-6H,3-4H2,1-2H3;3*3H,1H2,2H3;1-2H3. The summed E-state index contributed by atoms with van der Waals surface area (Å²) < 4.78 is 15.1. The lowest BCUT2D eigenvalue weighted by Gasteiger charge is -2.29. The lowest BCUT2D eigenvalue weighted by Crippen LogP contribution is -2.39. The highest BCUT2D eigenvalue weighted by molar-refractivity contribution is 5.79. The van der Waals surface area contributed by atoms with Gasteiger partial charge in [-0.25, -0.2) is 4.79 Å². The van der Waals surface area contributed by atoms with E-state index in [1.807, 2.05) is 34.6 Å². The van der Waals surface area contributed by atoms with Crippen molar-refractivity contribution in [2.75, 3.05) is 7.11 Å². The van der Waals surface area contributed by atoms with Gasteiger partial charge in [-0.05, 0) is 95.6 Å². The van der Waals surface area contributed by atoms with E-state index in [2.05, 4.69) is 24.5 Å². The Bertz CT molecular complexity index is 823. The van der Waals surface area contributed by atoms with E-state index >= 15 is 0 Å². The Hall–Kier alpha value is -3.55. The Labute approximate surface area is 235 Å². The van der Waals surface area contributed by atoms with E-state index in [-0.39, 0.29) is 5.97 Å². The molecule has 39 heavy (non-hydrogen) atoms. The molecule has 2 unspecified atom stereocenters. The molecular formula is C31H50O8. The predicted octanol–water partition coefficient (Wildman–Crippen LogP) is 6.60. The van der Waals surface area contributed by atoms with Crippen molar-refractivity contribution in [3.05, 3.63) is 60.1 Å². The first-order chi connectivity index (χ1) is 18.1. The fraction of sp³-hybridized carbons (Fsp3) is 0.516. The smallest absolute Gasteiger partial charge is 0.349 e. The first kappa shape index (κ1) is 42.5. The maximum absolute atomic E-state index is 11.2. The highest BCUT2D eigenvalue weighted by atomic mass is 16.6. The number of hydrogen-bond acceptors (Lipinski definition) is 8. The number of methoxy groups -OCH3 is 1. The van der Waals surface area contributed by atoms with Crippen LogP contribution in [0.4, 0.5) is 0 Å². The zero-order valence-corrected chi connectivity index (χ0v) is 25.7. The third-order valence-corrected chi connectivity index (χ3v) is 4.53. The summed E-state index contributed by atoms with van der Waals surface area (Å²) in [4.78, 5) is 49.9. The minimum Gasteiger partial charge on any atom is -0.488 e. The molecular weight excluding hydrogens is 500 g/mol. The summed E-state index contributed by atoms with van der Waals surface area (Å²) >= 11 is 0. The van der Waals surface area contributed by atoms with Crippen LogP contribution in [-0.2, 0) is 38.2 Å². The van der Waals surface area contributed by atoms with E-state index in [1.165, 1.54) is 12.7 Å². The molecule has 0 aliphatic carbocycles. The van der Waals surface area contributed by atoms with Crippen LogP contribution in [0.2, 0.25) is 0 Å². The zero-order chi connectivity index (χ0) is 31.7. The number of rotatable bonds is 5. The SMILES string of the molecule is C=C(C)C=O.C=C(C)C=O.C=C(C)C=O.CC.CC1=COC(C)(C=O)CC1.COC(=O)C1(C)CCC(C)=CO1. The number of esters is 1. The summed E-state index contributed by atoms with van der Waals surface area (Å²) in [6.07, 6.45) is 9.72. The second-order valence-electron chi connectivity index (χ2n) is 9.21. The highest BCUT2D eigenvalue weighted by Gasteiger charge is 2.37. The number of allylic oxidation sites excluding steroid dienone is 5. The first-order valence-corrected chi connectivity index (χ1v) is 12.6. The van der Waals surface area contributed by atoms with E-state index in [9.17, 15) is 24.0 Å². The molecule has 0 N–H and O–H groups in total. The molecule has 2 rings (SSSR count). The Balaban J connectivity index is -0.000000205. The molecule has 222 valence electrons. The molecule has 2 heterocycles. The summed E-state index contributed by atoms with van der Waals surface area (Å²) in [6, 6.07) is 0. The van der Waals surface area contributed by atoms with Crippen molar-refractivity contribution in [3.8, 4) is 0 Å². The normalized spacial score (nSPS) is 19.8. The lowest BCUT2D eigenvalue weighted by atomic mass is 9.95. The summed E-state index contributed by atoms with van der Waals surface area (Å²) in [7, 11) is 1.38. The topological polar surface area (TPSA) is 113 Å². The van der Waals surface area contributed by atoms with Crippen molar-refractivity contribution in [1.29, 1.82) is 0 Å². The molecule has 0 amide bonds. The van der Waals surface area contributed by atoms with Gasteiger partial charge in [0.05, 0.1) is 19.6 Å². The van der Waals surface area contributed by atoms with Gasteiger partial charge in [-0.3, -0.25) is 19.2 Å². The van der Waals surface area contributed by atoms with Crippen LogP contribution in [0.25, 0.3) is 0 Å². The molecule has 0 saturated carbocycles. The maximum atomic E-state index is 11.2. The Morgan fingerprint density at radius 3 is 1.33 bits per heavy atom. The fourth-order valence-corrected chi connectivity index (χ4v) is 2.04. The second-order valence-corrected chi connectivity index (χ2v) is 9.21. The molecule has 0 saturated heterocycles. The van der Waals surface area contributed by atoms with Gasteiger partial charge in [0.2, 0.25) is 5.60 Å². The average molecular weight is 551 g/mol. The number of carbonyl (C=O) groups excluding carboxylic acids is 5. The number of aldehydes is 4. The van der Waals surface area contributed by atoms with E-state index in [4.69, 9.17) is 9.47 Å².